The summed E-state index contributed by atoms with van der Waals surface area (Å²) in [7, 11) is 1.84. The number of likely N-dealkylation sites (tertiary alicyclic amines) is 1. The van der Waals surface area contributed by atoms with Gasteiger partial charge < -0.3 is 4.90 Å². The molecular weight excluding hydrogens is 212 g/mol. The first-order valence-electron chi connectivity index (χ1n) is 5.69. The van der Waals surface area contributed by atoms with Crippen molar-refractivity contribution in [1.82, 2.24) is 9.80 Å². The third kappa shape index (κ3) is 3.35. The Morgan fingerprint density at radius 2 is 2.33 bits per heavy atom. The minimum Gasteiger partial charge on any atom is -0.343 e. The number of carbonyl (C=O) groups excluding carboxylic acids is 1. The summed E-state index contributed by atoms with van der Waals surface area (Å²) in [5.41, 5.74) is 0. The smallest absolute Gasteiger partial charge is 0.240 e. The maximum atomic E-state index is 11.6. The van der Waals surface area contributed by atoms with Crippen LogP contribution >= 0.6 is 11.6 Å². The summed E-state index contributed by atoms with van der Waals surface area (Å²) in [6, 6.07) is 0.527. The van der Waals surface area contributed by atoms with Crippen molar-refractivity contribution in [2.24, 2.45) is 0 Å². The van der Waals surface area contributed by atoms with Crippen molar-refractivity contribution in [3.05, 3.63) is 0 Å². The molecule has 1 heterocycles. The van der Waals surface area contributed by atoms with Gasteiger partial charge in [0.1, 0.15) is 5.38 Å². The monoisotopic (exact) mass is 232 g/mol. The van der Waals surface area contributed by atoms with Gasteiger partial charge in [-0.1, -0.05) is 6.92 Å². The first kappa shape index (κ1) is 12.8. The van der Waals surface area contributed by atoms with Crippen LogP contribution in [0.4, 0.5) is 0 Å². The quantitative estimate of drug-likeness (QED) is 0.687. The summed E-state index contributed by atoms with van der Waals surface area (Å²) >= 11 is 5.77. The van der Waals surface area contributed by atoms with Crippen molar-refractivity contribution in [3.8, 4) is 0 Å². The molecule has 3 nitrogen and oxygen atoms in total. The molecule has 1 amide bonds. The van der Waals surface area contributed by atoms with E-state index in [1.54, 1.807) is 11.8 Å². The van der Waals surface area contributed by atoms with E-state index in [-0.39, 0.29) is 5.91 Å². The SMILES string of the molecule is CCN1CCCC1CN(C)C(=O)C(C)Cl. The molecule has 2 unspecified atom stereocenters. The Kier molecular flexibility index (Phi) is 4.87. The average Bonchev–Trinajstić information content (AvgIpc) is 2.63. The lowest BCUT2D eigenvalue weighted by Gasteiger charge is -2.28. The molecule has 0 radical (unpaired) electrons. The zero-order valence-electron chi connectivity index (χ0n) is 9.87. The highest BCUT2D eigenvalue weighted by Crippen LogP contribution is 2.17. The van der Waals surface area contributed by atoms with Crippen molar-refractivity contribution in [2.75, 3.05) is 26.7 Å². The largest absolute Gasteiger partial charge is 0.343 e. The lowest BCUT2D eigenvalue weighted by atomic mass is 10.2. The molecule has 88 valence electrons. The van der Waals surface area contributed by atoms with Crippen LogP contribution in [0.5, 0.6) is 0 Å². The van der Waals surface area contributed by atoms with E-state index in [0.29, 0.717) is 6.04 Å². The van der Waals surface area contributed by atoms with E-state index < -0.39 is 5.38 Å². The molecule has 2 atom stereocenters. The predicted octanol–water partition coefficient (Wildman–Crippen LogP) is 1.56. The molecule has 15 heavy (non-hydrogen) atoms. The lowest BCUT2D eigenvalue weighted by molar-refractivity contribution is -0.129. The summed E-state index contributed by atoms with van der Waals surface area (Å²) < 4.78 is 0. The fraction of sp³-hybridized carbons (Fsp3) is 0.909. The Morgan fingerprint density at radius 3 is 2.87 bits per heavy atom. The zero-order valence-corrected chi connectivity index (χ0v) is 10.6. The Balaban J connectivity index is 2.43. The van der Waals surface area contributed by atoms with Crippen LogP contribution in [0.25, 0.3) is 0 Å². The van der Waals surface area contributed by atoms with E-state index in [2.05, 4.69) is 11.8 Å². The maximum absolute atomic E-state index is 11.6. The van der Waals surface area contributed by atoms with Gasteiger partial charge in [0.2, 0.25) is 5.91 Å². The standard InChI is InChI=1S/C11H21ClN2O/c1-4-14-7-5-6-10(14)8-13(3)11(15)9(2)12/h9-10H,4-8H2,1-3H3. The Bertz CT molecular complexity index is 221. The van der Waals surface area contributed by atoms with Crippen LogP contribution in [0.2, 0.25) is 0 Å². The molecule has 0 aromatic heterocycles. The third-order valence-electron chi connectivity index (χ3n) is 3.11. The third-order valence-corrected chi connectivity index (χ3v) is 3.29. The number of hydrogen-bond donors (Lipinski definition) is 0. The minimum atomic E-state index is -0.411. The number of alkyl halides is 1. The molecule has 1 saturated heterocycles. The Labute approximate surface area is 97.4 Å². The van der Waals surface area contributed by atoms with E-state index in [1.165, 1.54) is 19.4 Å². The predicted molar refractivity (Wildman–Crippen MR) is 63.2 cm³/mol. The van der Waals surface area contributed by atoms with Gasteiger partial charge in [-0.2, -0.15) is 0 Å². The molecule has 4 heteroatoms. The Morgan fingerprint density at radius 1 is 1.67 bits per heavy atom. The van der Waals surface area contributed by atoms with Crippen LogP contribution < -0.4 is 0 Å². The van der Waals surface area contributed by atoms with Gasteiger partial charge in [0.05, 0.1) is 0 Å². The minimum absolute atomic E-state index is 0.0274. The summed E-state index contributed by atoms with van der Waals surface area (Å²) in [5.74, 6) is 0.0274. The molecule has 0 N–H and O–H groups in total. The fourth-order valence-corrected chi connectivity index (χ4v) is 2.39. The van der Waals surface area contributed by atoms with Gasteiger partial charge in [0.25, 0.3) is 0 Å². The molecule has 0 bridgehead atoms. The number of hydrogen-bond acceptors (Lipinski definition) is 2. The highest BCUT2D eigenvalue weighted by atomic mass is 35.5. The van der Waals surface area contributed by atoms with Gasteiger partial charge in [0, 0.05) is 19.6 Å². The van der Waals surface area contributed by atoms with Gasteiger partial charge in [-0.05, 0) is 32.9 Å². The molecule has 1 aliphatic rings. The summed E-state index contributed by atoms with van der Waals surface area (Å²) in [6.45, 7) is 6.95. The van der Waals surface area contributed by atoms with Gasteiger partial charge in [-0.15, -0.1) is 11.6 Å². The molecule has 1 aliphatic heterocycles. The number of amides is 1. The zero-order chi connectivity index (χ0) is 11.4. The summed E-state index contributed by atoms with van der Waals surface area (Å²) in [6.07, 6.45) is 2.44. The summed E-state index contributed by atoms with van der Waals surface area (Å²) in [4.78, 5) is 15.8. The molecule has 0 spiro atoms. The topological polar surface area (TPSA) is 23.6 Å². The molecule has 0 saturated carbocycles. The summed E-state index contributed by atoms with van der Waals surface area (Å²) in [5, 5.41) is -0.411. The van der Waals surface area contributed by atoms with Gasteiger partial charge in [0.15, 0.2) is 0 Å². The van der Waals surface area contributed by atoms with Crippen molar-refractivity contribution in [2.45, 2.75) is 38.1 Å². The van der Waals surface area contributed by atoms with Crippen LogP contribution in [-0.4, -0.2) is 53.8 Å². The molecule has 1 fully saturated rings. The second kappa shape index (κ2) is 5.71. The van der Waals surface area contributed by atoms with Gasteiger partial charge >= 0.3 is 0 Å². The van der Waals surface area contributed by atoms with E-state index in [4.69, 9.17) is 11.6 Å². The number of halogens is 1. The highest BCUT2D eigenvalue weighted by Gasteiger charge is 2.26. The number of nitrogens with zero attached hydrogens (tertiary/aromatic N) is 2. The normalized spacial score (nSPS) is 24.1. The first-order valence-corrected chi connectivity index (χ1v) is 6.13. The van der Waals surface area contributed by atoms with Crippen LogP contribution in [0, 0.1) is 0 Å². The van der Waals surface area contributed by atoms with Crippen LogP contribution in [0.1, 0.15) is 26.7 Å². The van der Waals surface area contributed by atoms with E-state index in [9.17, 15) is 4.79 Å². The van der Waals surface area contributed by atoms with E-state index in [1.807, 2.05) is 7.05 Å². The van der Waals surface area contributed by atoms with E-state index >= 15 is 0 Å². The van der Waals surface area contributed by atoms with Crippen molar-refractivity contribution in [3.63, 3.8) is 0 Å². The molecule has 0 aliphatic carbocycles. The van der Waals surface area contributed by atoms with Gasteiger partial charge in [-0.25, -0.2) is 0 Å². The van der Waals surface area contributed by atoms with Crippen molar-refractivity contribution >= 4 is 17.5 Å². The van der Waals surface area contributed by atoms with Gasteiger partial charge in [-0.3, -0.25) is 9.69 Å². The number of carbonyl (C=O) groups is 1. The van der Waals surface area contributed by atoms with Crippen LogP contribution in [0.3, 0.4) is 0 Å². The fourth-order valence-electron chi connectivity index (χ4n) is 2.23. The molecular formula is C11H21ClN2O. The molecule has 0 aromatic rings. The Hall–Kier alpha value is -0.280. The van der Waals surface area contributed by atoms with Crippen LogP contribution in [0.15, 0.2) is 0 Å². The number of likely N-dealkylation sites (N-methyl/N-ethyl adjacent to an activating group) is 2. The molecule has 0 aromatic carbocycles. The van der Waals surface area contributed by atoms with Crippen molar-refractivity contribution in [1.29, 1.82) is 0 Å². The van der Waals surface area contributed by atoms with E-state index in [0.717, 1.165) is 13.1 Å². The first-order chi connectivity index (χ1) is 7.06. The maximum Gasteiger partial charge on any atom is 0.240 e. The average molecular weight is 233 g/mol. The van der Waals surface area contributed by atoms with Crippen molar-refractivity contribution < 1.29 is 4.79 Å². The molecule has 1 rings (SSSR count). The lowest BCUT2D eigenvalue weighted by Crippen LogP contribution is -2.43. The second-order valence-electron chi connectivity index (χ2n) is 4.26. The highest BCUT2D eigenvalue weighted by molar-refractivity contribution is 6.30. The number of rotatable bonds is 4. The second-order valence-corrected chi connectivity index (χ2v) is 4.91. The van der Waals surface area contributed by atoms with Crippen LogP contribution in [-0.2, 0) is 4.79 Å².